The van der Waals surface area contributed by atoms with Crippen molar-refractivity contribution in [2.24, 2.45) is 0 Å². The van der Waals surface area contributed by atoms with E-state index in [2.05, 4.69) is 9.97 Å². The van der Waals surface area contributed by atoms with Crippen molar-refractivity contribution in [1.29, 1.82) is 0 Å². The predicted molar refractivity (Wildman–Crippen MR) is 64.4 cm³/mol. The fourth-order valence-electron chi connectivity index (χ4n) is 1.32. The molecule has 0 aliphatic heterocycles. The Kier molecular flexibility index (Phi) is 3.05. The van der Waals surface area contributed by atoms with Crippen LogP contribution in [0.1, 0.15) is 5.56 Å². The first kappa shape index (κ1) is 11.8. The molecule has 2 aromatic rings. The van der Waals surface area contributed by atoms with Gasteiger partial charge in [-0.15, -0.1) is 0 Å². The van der Waals surface area contributed by atoms with Crippen molar-refractivity contribution in [3.63, 3.8) is 0 Å². The average Bonchev–Trinajstić information content (AvgIpc) is 2.35. The molecule has 7 heteroatoms. The Balaban J connectivity index is 2.31. The third-order valence-electron chi connectivity index (χ3n) is 2.32. The Labute approximate surface area is 102 Å². The number of anilines is 1. The van der Waals surface area contributed by atoms with Gasteiger partial charge in [-0.05, 0) is 13.0 Å². The molecule has 0 saturated heterocycles. The van der Waals surface area contributed by atoms with E-state index in [-0.39, 0.29) is 11.6 Å². The minimum absolute atomic E-state index is 0.0489. The Hall–Kier alpha value is -2.70. The van der Waals surface area contributed by atoms with E-state index in [9.17, 15) is 10.1 Å². The maximum atomic E-state index is 10.6. The second-order valence-electron chi connectivity index (χ2n) is 3.55. The summed E-state index contributed by atoms with van der Waals surface area (Å²) in [6.45, 7) is 1.71. The van der Waals surface area contributed by atoms with Gasteiger partial charge >= 0.3 is 0 Å². The van der Waals surface area contributed by atoms with Crippen LogP contribution in [-0.2, 0) is 0 Å². The Morgan fingerprint density at radius 2 is 2.17 bits per heavy atom. The first-order chi connectivity index (χ1) is 8.58. The van der Waals surface area contributed by atoms with Gasteiger partial charge < -0.3 is 10.5 Å². The van der Waals surface area contributed by atoms with E-state index in [4.69, 9.17) is 10.5 Å². The monoisotopic (exact) mass is 246 g/mol. The molecule has 18 heavy (non-hydrogen) atoms. The first-order valence-electron chi connectivity index (χ1n) is 5.07. The SMILES string of the molecule is Cc1c(N)ncnc1Oc1cccc([N+](=O)[O-])c1. The van der Waals surface area contributed by atoms with Crippen LogP contribution in [-0.4, -0.2) is 14.9 Å². The van der Waals surface area contributed by atoms with Crippen LogP contribution >= 0.6 is 0 Å². The van der Waals surface area contributed by atoms with Gasteiger partial charge in [0, 0.05) is 6.07 Å². The summed E-state index contributed by atoms with van der Waals surface area (Å²) < 4.78 is 5.45. The third-order valence-corrected chi connectivity index (χ3v) is 2.32. The van der Waals surface area contributed by atoms with E-state index in [1.807, 2.05) is 0 Å². The van der Waals surface area contributed by atoms with E-state index in [1.165, 1.54) is 24.5 Å². The fourth-order valence-corrected chi connectivity index (χ4v) is 1.32. The van der Waals surface area contributed by atoms with Crippen molar-refractivity contribution >= 4 is 11.5 Å². The zero-order valence-electron chi connectivity index (χ0n) is 9.53. The van der Waals surface area contributed by atoms with E-state index < -0.39 is 4.92 Å². The zero-order chi connectivity index (χ0) is 13.1. The normalized spacial score (nSPS) is 10.1. The number of hydrogen-bond acceptors (Lipinski definition) is 6. The van der Waals surface area contributed by atoms with Gasteiger partial charge in [-0.25, -0.2) is 9.97 Å². The highest BCUT2D eigenvalue weighted by Gasteiger charge is 2.10. The number of aromatic nitrogens is 2. The molecule has 1 aromatic carbocycles. The third kappa shape index (κ3) is 2.34. The number of nitrogens with two attached hydrogens (primary N) is 1. The number of hydrogen-bond donors (Lipinski definition) is 1. The van der Waals surface area contributed by atoms with E-state index >= 15 is 0 Å². The molecule has 0 aliphatic rings. The average molecular weight is 246 g/mol. The number of non-ortho nitro benzene ring substituents is 1. The molecule has 0 fully saturated rings. The van der Waals surface area contributed by atoms with Gasteiger partial charge in [0.15, 0.2) is 0 Å². The lowest BCUT2D eigenvalue weighted by Crippen LogP contribution is -1.99. The van der Waals surface area contributed by atoms with Crippen LogP contribution in [0.5, 0.6) is 11.6 Å². The smallest absolute Gasteiger partial charge is 0.273 e. The van der Waals surface area contributed by atoms with Gasteiger partial charge in [-0.2, -0.15) is 0 Å². The highest BCUT2D eigenvalue weighted by atomic mass is 16.6. The van der Waals surface area contributed by atoms with Crippen molar-refractivity contribution < 1.29 is 9.66 Å². The first-order valence-corrected chi connectivity index (χ1v) is 5.07. The predicted octanol–water partition coefficient (Wildman–Crippen LogP) is 2.07. The summed E-state index contributed by atoms with van der Waals surface area (Å²) >= 11 is 0. The second-order valence-corrected chi connectivity index (χ2v) is 3.55. The fraction of sp³-hybridized carbons (Fsp3) is 0.0909. The molecule has 0 atom stereocenters. The molecule has 0 radical (unpaired) electrons. The van der Waals surface area contributed by atoms with Gasteiger partial charge in [-0.3, -0.25) is 10.1 Å². The molecule has 0 unspecified atom stereocenters. The lowest BCUT2D eigenvalue weighted by molar-refractivity contribution is -0.384. The molecule has 2 rings (SSSR count). The molecule has 7 nitrogen and oxygen atoms in total. The molecule has 2 N–H and O–H groups in total. The van der Waals surface area contributed by atoms with Crippen molar-refractivity contribution in [3.05, 3.63) is 46.3 Å². The van der Waals surface area contributed by atoms with Gasteiger partial charge in [0.2, 0.25) is 5.88 Å². The number of ether oxygens (including phenoxy) is 1. The molecule has 1 heterocycles. The summed E-state index contributed by atoms with van der Waals surface area (Å²) in [5, 5.41) is 10.6. The minimum Gasteiger partial charge on any atom is -0.438 e. The van der Waals surface area contributed by atoms with Gasteiger partial charge in [0.1, 0.15) is 17.9 Å². The van der Waals surface area contributed by atoms with Crippen LogP contribution in [0.15, 0.2) is 30.6 Å². The molecule has 0 saturated carbocycles. The molecule has 0 amide bonds. The molecule has 0 spiro atoms. The number of nitro groups is 1. The van der Waals surface area contributed by atoms with Gasteiger partial charge in [-0.1, -0.05) is 6.07 Å². The lowest BCUT2D eigenvalue weighted by Gasteiger charge is -2.07. The zero-order valence-corrected chi connectivity index (χ0v) is 9.53. The summed E-state index contributed by atoms with van der Waals surface area (Å²) in [6, 6.07) is 5.84. The van der Waals surface area contributed by atoms with Crippen LogP contribution in [0.4, 0.5) is 11.5 Å². The summed E-state index contributed by atoms with van der Waals surface area (Å²) in [7, 11) is 0. The van der Waals surface area contributed by atoms with Crippen LogP contribution in [0.2, 0.25) is 0 Å². The number of nitrogens with zero attached hydrogens (tertiary/aromatic N) is 3. The van der Waals surface area contributed by atoms with Crippen molar-refractivity contribution in [3.8, 4) is 11.6 Å². The topological polar surface area (TPSA) is 104 Å². The van der Waals surface area contributed by atoms with Crippen LogP contribution in [0.25, 0.3) is 0 Å². The maximum Gasteiger partial charge on any atom is 0.273 e. The molecule has 92 valence electrons. The van der Waals surface area contributed by atoms with Gasteiger partial charge in [0.25, 0.3) is 5.69 Å². The number of nitro benzene ring substituents is 1. The summed E-state index contributed by atoms with van der Waals surface area (Å²) in [5.41, 5.74) is 6.15. The van der Waals surface area contributed by atoms with Crippen molar-refractivity contribution in [2.45, 2.75) is 6.92 Å². The summed E-state index contributed by atoms with van der Waals surface area (Å²) in [6.07, 6.45) is 1.27. The maximum absolute atomic E-state index is 10.6. The second kappa shape index (κ2) is 4.66. The van der Waals surface area contributed by atoms with Crippen LogP contribution < -0.4 is 10.5 Å². The Morgan fingerprint density at radius 1 is 1.39 bits per heavy atom. The summed E-state index contributed by atoms with van der Waals surface area (Å²) in [4.78, 5) is 17.9. The number of benzene rings is 1. The molecule has 0 bridgehead atoms. The standard InChI is InChI=1S/C11H10N4O3/c1-7-10(12)13-6-14-11(7)18-9-4-2-3-8(5-9)15(16)17/h2-6H,1H3,(H2,12,13,14). The minimum atomic E-state index is -0.492. The number of rotatable bonds is 3. The highest BCUT2D eigenvalue weighted by molar-refractivity contribution is 5.46. The molecular weight excluding hydrogens is 236 g/mol. The molecule has 0 aliphatic carbocycles. The highest BCUT2D eigenvalue weighted by Crippen LogP contribution is 2.27. The van der Waals surface area contributed by atoms with Crippen LogP contribution in [0, 0.1) is 17.0 Å². The van der Waals surface area contributed by atoms with Gasteiger partial charge in [0.05, 0.1) is 16.6 Å². The van der Waals surface area contributed by atoms with E-state index in [0.29, 0.717) is 17.1 Å². The quantitative estimate of drug-likeness (QED) is 0.656. The van der Waals surface area contributed by atoms with E-state index in [1.54, 1.807) is 13.0 Å². The lowest BCUT2D eigenvalue weighted by atomic mass is 10.3. The Morgan fingerprint density at radius 3 is 2.89 bits per heavy atom. The largest absolute Gasteiger partial charge is 0.438 e. The van der Waals surface area contributed by atoms with Crippen molar-refractivity contribution in [2.75, 3.05) is 5.73 Å². The number of nitrogen functional groups attached to an aromatic ring is 1. The summed E-state index contributed by atoms with van der Waals surface area (Å²) in [5.74, 6) is 0.916. The van der Waals surface area contributed by atoms with E-state index in [0.717, 1.165) is 0 Å². The van der Waals surface area contributed by atoms with Crippen molar-refractivity contribution in [1.82, 2.24) is 9.97 Å². The molecular formula is C11H10N4O3. The van der Waals surface area contributed by atoms with Crippen LogP contribution in [0.3, 0.4) is 0 Å². The molecule has 1 aromatic heterocycles. The Bertz CT molecular complexity index is 601.